The Labute approximate surface area is 176 Å². The first-order chi connectivity index (χ1) is 14.5. The molecule has 7 heteroatoms. The number of amides is 1. The molecule has 1 unspecified atom stereocenters. The molecular formula is C23H27N5O2. The lowest BCUT2D eigenvalue weighted by molar-refractivity contribution is 0.0000625. The Morgan fingerprint density at radius 1 is 1.20 bits per heavy atom. The number of benzene rings is 1. The molecule has 30 heavy (non-hydrogen) atoms. The Morgan fingerprint density at radius 3 is 2.77 bits per heavy atom. The number of nitrogens with zero attached hydrogens (tertiary/aromatic N) is 4. The molecule has 0 saturated carbocycles. The summed E-state index contributed by atoms with van der Waals surface area (Å²) in [6.07, 6.45) is 5.00. The fraction of sp³-hybridized carbons (Fsp3) is 0.348. The number of carbonyl (C=O) groups excluding carboxylic acids is 1. The van der Waals surface area contributed by atoms with Gasteiger partial charge >= 0.3 is 0 Å². The fourth-order valence-electron chi connectivity index (χ4n) is 4.18. The lowest BCUT2D eigenvalue weighted by Gasteiger charge is -2.42. The molecule has 0 spiro atoms. The molecule has 1 aromatic carbocycles. The maximum absolute atomic E-state index is 12.8. The lowest BCUT2D eigenvalue weighted by atomic mass is 9.91. The van der Waals surface area contributed by atoms with Gasteiger partial charge in [-0.15, -0.1) is 0 Å². The predicted octanol–water partition coefficient (Wildman–Crippen LogP) is 2.19. The molecule has 0 aliphatic carbocycles. The van der Waals surface area contributed by atoms with Gasteiger partial charge in [0.05, 0.1) is 23.3 Å². The van der Waals surface area contributed by atoms with Crippen LogP contribution in [0.2, 0.25) is 0 Å². The molecule has 3 aromatic rings. The lowest BCUT2D eigenvalue weighted by Crippen LogP contribution is -2.54. The first-order valence-corrected chi connectivity index (χ1v) is 10.2. The van der Waals surface area contributed by atoms with Crippen molar-refractivity contribution in [1.82, 2.24) is 14.9 Å². The summed E-state index contributed by atoms with van der Waals surface area (Å²) in [6.45, 7) is 1.97. The normalized spacial score (nSPS) is 19.1. The number of likely N-dealkylation sites (N-methyl/N-ethyl adjacent to an activating group) is 1. The van der Waals surface area contributed by atoms with Gasteiger partial charge in [-0.25, -0.2) is 0 Å². The van der Waals surface area contributed by atoms with Gasteiger partial charge in [-0.05, 0) is 48.7 Å². The number of anilines is 1. The highest BCUT2D eigenvalue weighted by Gasteiger charge is 2.36. The number of aromatic nitrogens is 2. The van der Waals surface area contributed by atoms with Crippen molar-refractivity contribution in [3.8, 4) is 0 Å². The third-order valence-electron chi connectivity index (χ3n) is 5.69. The van der Waals surface area contributed by atoms with Crippen molar-refractivity contribution in [3.63, 3.8) is 0 Å². The minimum absolute atomic E-state index is 0.111. The van der Waals surface area contributed by atoms with E-state index >= 15 is 0 Å². The van der Waals surface area contributed by atoms with Crippen molar-refractivity contribution in [1.29, 1.82) is 0 Å². The van der Waals surface area contributed by atoms with E-state index < -0.39 is 5.60 Å². The number of hydrogen-bond donors (Lipinski definition) is 2. The highest BCUT2D eigenvalue weighted by Crippen LogP contribution is 2.30. The van der Waals surface area contributed by atoms with Crippen molar-refractivity contribution in [3.05, 3.63) is 66.0 Å². The first kappa shape index (κ1) is 20.3. The minimum Gasteiger partial charge on any atom is -0.386 e. The molecule has 1 aliphatic heterocycles. The van der Waals surface area contributed by atoms with E-state index in [2.05, 4.69) is 14.9 Å². The molecule has 0 radical (unpaired) electrons. The minimum atomic E-state index is -0.996. The van der Waals surface area contributed by atoms with E-state index in [4.69, 9.17) is 5.73 Å². The highest BCUT2D eigenvalue weighted by molar-refractivity contribution is 5.94. The second kappa shape index (κ2) is 8.38. The molecule has 1 atom stereocenters. The number of rotatable bonds is 5. The van der Waals surface area contributed by atoms with Crippen LogP contribution in [0.3, 0.4) is 0 Å². The number of nitrogens with two attached hydrogens (primary N) is 1. The van der Waals surface area contributed by atoms with Crippen molar-refractivity contribution >= 4 is 22.6 Å². The van der Waals surface area contributed by atoms with Gasteiger partial charge in [0.25, 0.3) is 5.91 Å². The average molecular weight is 406 g/mol. The van der Waals surface area contributed by atoms with Crippen LogP contribution in [-0.4, -0.2) is 58.2 Å². The summed E-state index contributed by atoms with van der Waals surface area (Å²) < 4.78 is 0. The van der Waals surface area contributed by atoms with Crippen LogP contribution < -0.4 is 10.6 Å². The topological polar surface area (TPSA) is 95.6 Å². The van der Waals surface area contributed by atoms with Crippen molar-refractivity contribution in [2.24, 2.45) is 5.73 Å². The smallest absolute Gasteiger partial charge is 0.253 e. The van der Waals surface area contributed by atoms with Crippen LogP contribution >= 0.6 is 0 Å². The Kier molecular flexibility index (Phi) is 5.65. The Bertz CT molecular complexity index is 1030. The van der Waals surface area contributed by atoms with E-state index in [1.165, 1.54) is 0 Å². The number of piperidine rings is 1. The summed E-state index contributed by atoms with van der Waals surface area (Å²) in [7, 11) is 1.74. The zero-order valence-electron chi connectivity index (χ0n) is 17.2. The second-order valence-corrected chi connectivity index (χ2v) is 8.01. The Morgan fingerprint density at radius 2 is 2.00 bits per heavy atom. The molecule has 1 fully saturated rings. The van der Waals surface area contributed by atoms with Crippen LogP contribution in [0.25, 0.3) is 11.0 Å². The summed E-state index contributed by atoms with van der Waals surface area (Å²) in [6, 6.07) is 13.0. The molecule has 1 amide bonds. The second-order valence-electron chi connectivity index (χ2n) is 8.01. The zero-order valence-corrected chi connectivity index (χ0v) is 17.2. The van der Waals surface area contributed by atoms with Gasteiger partial charge in [0.1, 0.15) is 5.52 Å². The Hall–Kier alpha value is -3.03. The largest absolute Gasteiger partial charge is 0.386 e. The van der Waals surface area contributed by atoms with E-state index in [9.17, 15) is 9.90 Å². The SMILES string of the molecule is CN(CC1(O)CCCN(c2ccnc3cccnc23)C1)C(=O)c1ccc(CN)cc1. The highest BCUT2D eigenvalue weighted by atomic mass is 16.3. The van der Waals surface area contributed by atoms with E-state index in [-0.39, 0.29) is 12.5 Å². The van der Waals surface area contributed by atoms with Crippen molar-refractivity contribution < 1.29 is 9.90 Å². The van der Waals surface area contributed by atoms with Gasteiger partial charge in [0.15, 0.2) is 0 Å². The molecular weight excluding hydrogens is 378 g/mol. The molecule has 0 bridgehead atoms. The molecule has 7 nitrogen and oxygen atoms in total. The van der Waals surface area contributed by atoms with Crippen LogP contribution in [0.1, 0.15) is 28.8 Å². The standard InChI is InChI=1S/C23H27N5O2/c1-27(22(29)18-7-5-17(14-24)6-8-18)15-23(30)10-3-13-28(16-23)20-9-12-25-19-4-2-11-26-21(19)20/h2,4-9,11-12,30H,3,10,13-16,24H2,1H3. The molecule has 1 saturated heterocycles. The molecule has 156 valence electrons. The van der Waals surface area contributed by atoms with Crippen molar-refractivity contribution in [2.45, 2.75) is 25.0 Å². The quantitative estimate of drug-likeness (QED) is 0.676. The molecule has 3 heterocycles. The maximum Gasteiger partial charge on any atom is 0.253 e. The third kappa shape index (κ3) is 4.13. The van der Waals surface area contributed by atoms with E-state index in [1.54, 1.807) is 36.5 Å². The van der Waals surface area contributed by atoms with Crippen LogP contribution in [0.15, 0.2) is 54.9 Å². The molecule has 2 aromatic heterocycles. The molecule has 4 rings (SSSR count). The first-order valence-electron chi connectivity index (χ1n) is 10.2. The summed E-state index contributed by atoms with van der Waals surface area (Å²) in [5, 5.41) is 11.3. The van der Waals surface area contributed by atoms with Crippen LogP contribution in [0.4, 0.5) is 5.69 Å². The number of fused-ring (bicyclic) bond motifs is 1. The predicted molar refractivity (Wildman–Crippen MR) is 117 cm³/mol. The van der Waals surface area contributed by atoms with E-state index in [0.29, 0.717) is 25.1 Å². The fourth-order valence-corrected chi connectivity index (χ4v) is 4.18. The number of carbonyl (C=O) groups is 1. The summed E-state index contributed by atoms with van der Waals surface area (Å²) in [4.78, 5) is 25.5. The van der Waals surface area contributed by atoms with E-state index in [0.717, 1.165) is 35.2 Å². The average Bonchev–Trinajstić information content (AvgIpc) is 2.78. The number of hydrogen-bond acceptors (Lipinski definition) is 6. The summed E-state index contributed by atoms with van der Waals surface area (Å²) in [5.41, 5.74) is 8.83. The van der Waals surface area contributed by atoms with Gasteiger partial charge in [0.2, 0.25) is 0 Å². The van der Waals surface area contributed by atoms with Gasteiger partial charge < -0.3 is 20.6 Å². The summed E-state index contributed by atoms with van der Waals surface area (Å²) >= 11 is 0. The van der Waals surface area contributed by atoms with Gasteiger partial charge in [-0.1, -0.05) is 12.1 Å². The molecule has 1 aliphatic rings. The third-order valence-corrected chi connectivity index (χ3v) is 5.69. The van der Waals surface area contributed by atoms with Crippen LogP contribution in [-0.2, 0) is 6.54 Å². The van der Waals surface area contributed by atoms with Gasteiger partial charge in [0, 0.05) is 44.6 Å². The van der Waals surface area contributed by atoms with Crippen LogP contribution in [0, 0.1) is 0 Å². The maximum atomic E-state index is 12.8. The van der Waals surface area contributed by atoms with E-state index in [1.807, 2.05) is 30.3 Å². The van der Waals surface area contributed by atoms with Gasteiger partial charge in [-0.3, -0.25) is 14.8 Å². The van der Waals surface area contributed by atoms with Crippen molar-refractivity contribution in [2.75, 3.05) is 31.6 Å². The number of β-amino-alcohol motifs (C(OH)–C–C–N with tert-alkyl or cyclic N) is 1. The van der Waals surface area contributed by atoms with Crippen LogP contribution in [0.5, 0.6) is 0 Å². The molecule has 3 N–H and O–H groups in total. The Balaban J connectivity index is 1.50. The number of aliphatic hydroxyl groups is 1. The van der Waals surface area contributed by atoms with Gasteiger partial charge in [-0.2, -0.15) is 0 Å². The summed E-state index contributed by atoms with van der Waals surface area (Å²) in [5.74, 6) is -0.111. The monoisotopic (exact) mass is 405 g/mol. The number of pyridine rings is 2. The zero-order chi connectivity index (χ0) is 21.1.